The third-order valence-corrected chi connectivity index (χ3v) is 2.16. The van der Waals surface area contributed by atoms with E-state index in [1.807, 2.05) is 0 Å². The lowest BCUT2D eigenvalue weighted by atomic mass is 10.1. The van der Waals surface area contributed by atoms with Gasteiger partial charge in [-0.3, -0.25) is 0 Å². The van der Waals surface area contributed by atoms with Crippen molar-refractivity contribution in [2.45, 2.75) is 19.5 Å². The number of carbonyl (C=O) groups excluding carboxylic acids is 1. The van der Waals surface area contributed by atoms with E-state index < -0.39 is 41.1 Å². The maximum atomic E-state index is 12.7. The first kappa shape index (κ1) is 15.8. The highest BCUT2D eigenvalue weighted by atomic mass is 19.4. The Hall–Kier alpha value is -2.24. The van der Waals surface area contributed by atoms with Crippen LogP contribution >= 0.6 is 0 Å². The van der Waals surface area contributed by atoms with Gasteiger partial charge in [-0.25, -0.2) is 18.6 Å². The molecule has 0 amide bonds. The van der Waals surface area contributed by atoms with Crippen molar-refractivity contribution in [2.24, 2.45) is 0 Å². The number of aromatic nitrogens is 1. The van der Waals surface area contributed by atoms with Crippen molar-refractivity contribution in [3.05, 3.63) is 28.6 Å². The minimum absolute atomic E-state index is 0.236. The highest BCUT2D eigenvalue weighted by molar-refractivity contribution is 5.91. The number of carbonyl (C=O) groups is 1. The molecule has 0 fully saturated rings. The molecule has 0 aliphatic heterocycles. The average molecular weight is 294 g/mol. The highest BCUT2D eigenvalue weighted by Crippen LogP contribution is 2.34. The average Bonchev–Trinajstić information content (AvgIpc) is 2.36. The van der Waals surface area contributed by atoms with E-state index in [9.17, 15) is 26.7 Å². The molecule has 1 aromatic rings. The molecule has 0 unspecified atom stereocenters. The molecular weight excluding hydrogens is 287 g/mol. The van der Waals surface area contributed by atoms with Crippen molar-refractivity contribution in [2.75, 3.05) is 6.61 Å². The van der Waals surface area contributed by atoms with E-state index in [1.54, 1.807) is 0 Å². The lowest BCUT2D eigenvalue weighted by Crippen LogP contribution is -2.19. The molecule has 0 saturated heterocycles. The van der Waals surface area contributed by atoms with E-state index in [0.717, 1.165) is 6.07 Å². The molecule has 9 heteroatoms. The second-order valence-electron chi connectivity index (χ2n) is 3.45. The standard InChI is InChI=1S/C11H7F5N2O2/c1-2-20-10(19)6-3-5(9(12)13)7(4-17)18-8(6)11(14,15)16/h3,9H,2H2,1H3. The molecule has 4 nitrogen and oxygen atoms in total. The molecule has 0 aromatic carbocycles. The first-order valence-electron chi connectivity index (χ1n) is 5.19. The summed E-state index contributed by atoms with van der Waals surface area (Å²) < 4.78 is 67.9. The van der Waals surface area contributed by atoms with Crippen molar-refractivity contribution < 1.29 is 31.5 Å². The summed E-state index contributed by atoms with van der Waals surface area (Å²) in [4.78, 5) is 14.2. The second-order valence-corrected chi connectivity index (χ2v) is 3.45. The van der Waals surface area contributed by atoms with Crippen LogP contribution in [0.4, 0.5) is 22.0 Å². The Morgan fingerprint density at radius 3 is 2.50 bits per heavy atom. The molecule has 1 aromatic heterocycles. The van der Waals surface area contributed by atoms with Crippen molar-refractivity contribution in [1.29, 1.82) is 5.26 Å². The van der Waals surface area contributed by atoms with Crippen LogP contribution in [0.1, 0.15) is 40.7 Å². The molecule has 0 N–H and O–H groups in total. The Morgan fingerprint density at radius 2 is 2.10 bits per heavy atom. The smallest absolute Gasteiger partial charge is 0.434 e. The summed E-state index contributed by atoms with van der Waals surface area (Å²) in [6.45, 7) is 1.11. The molecular formula is C11H7F5N2O2. The summed E-state index contributed by atoms with van der Waals surface area (Å²) in [5.41, 5.74) is -5.01. The molecule has 0 bridgehead atoms. The number of rotatable bonds is 3. The third-order valence-electron chi connectivity index (χ3n) is 2.16. The zero-order valence-corrected chi connectivity index (χ0v) is 9.96. The lowest BCUT2D eigenvalue weighted by molar-refractivity contribution is -0.141. The van der Waals surface area contributed by atoms with E-state index in [0.29, 0.717) is 0 Å². The number of pyridine rings is 1. The minimum Gasteiger partial charge on any atom is -0.462 e. The van der Waals surface area contributed by atoms with Crippen molar-refractivity contribution in [1.82, 2.24) is 4.98 Å². The van der Waals surface area contributed by atoms with Gasteiger partial charge in [0.15, 0.2) is 5.69 Å². The van der Waals surface area contributed by atoms with Crippen LogP contribution in [-0.4, -0.2) is 17.6 Å². The van der Waals surface area contributed by atoms with Gasteiger partial charge in [0.25, 0.3) is 6.43 Å². The third kappa shape index (κ3) is 3.20. The van der Waals surface area contributed by atoms with E-state index in [4.69, 9.17) is 5.26 Å². The predicted octanol–water partition coefficient (Wildman–Crippen LogP) is 3.09. The van der Waals surface area contributed by atoms with Crippen LogP contribution in [0.3, 0.4) is 0 Å². The molecule has 0 saturated carbocycles. The van der Waals surface area contributed by atoms with Crippen molar-refractivity contribution in [3.8, 4) is 6.07 Å². The fourth-order valence-electron chi connectivity index (χ4n) is 1.37. The van der Waals surface area contributed by atoms with Gasteiger partial charge in [-0.1, -0.05) is 0 Å². The van der Waals surface area contributed by atoms with Gasteiger partial charge in [-0.15, -0.1) is 0 Å². The number of nitriles is 1. The van der Waals surface area contributed by atoms with E-state index in [2.05, 4.69) is 9.72 Å². The summed E-state index contributed by atoms with van der Waals surface area (Å²) in [6.07, 6.45) is -8.32. The van der Waals surface area contributed by atoms with Gasteiger partial charge in [-0.2, -0.15) is 18.4 Å². The number of esters is 1. The number of hydrogen-bond acceptors (Lipinski definition) is 4. The Morgan fingerprint density at radius 1 is 1.50 bits per heavy atom. The van der Waals surface area contributed by atoms with Gasteiger partial charge in [0.1, 0.15) is 11.8 Å². The SMILES string of the molecule is CCOC(=O)c1cc(C(F)F)c(C#N)nc1C(F)(F)F. The van der Waals surface area contributed by atoms with Crippen molar-refractivity contribution in [3.63, 3.8) is 0 Å². The molecule has 0 spiro atoms. The molecule has 20 heavy (non-hydrogen) atoms. The summed E-state index contributed by atoms with van der Waals surface area (Å²) in [5.74, 6) is -1.43. The molecule has 1 rings (SSSR count). The van der Waals surface area contributed by atoms with Crippen molar-refractivity contribution >= 4 is 5.97 Å². The molecule has 0 aliphatic carbocycles. The highest BCUT2D eigenvalue weighted by Gasteiger charge is 2.39. The van der Waals surface area contributed by atoms with Gasteiger partial charge >= 0.3 is 12.1 Å². The lowest BCUT2D eigenvalue weighted by Gasteiger charge is -2.13. The summed E-state index contributed by atoms with van der Waals surface area (Å²) in [5, 5.41) is 8.56. The Labute approximate surface area is 109 Å². The second kappa shape index (κ2) is 5.81. The van der Waals surface area contributed by atoms with Crippen LogP contribution in [-0.2, 0) is 10.9 Å². The van der Waals surface area contributed by atoms with Crippen LogP contribution in [0.5, 0.6) is 0 Å². The predicted molar refractivity (Wildman–Crippen MR) is 54.9 cm³/mol. The normalized spacial score (nSPS) is 11.3. The summed E-state index contributed by atoms with van der Waals surface area (Å²) >= 11 is 0. The summed E-state index contributed by atoms with van der Waals surface area (Å²) in [7, 11) is 0. The van der Waals surface area contributed by atoms with Crippen LogP contribution in [0.2, 0.25) is 0 Å². The van der Waals surface area contributed by atoms with Gasteiger partial charge < -0.3 is 4.74 Å². The van der Waals surface area contributed by atoms with E-state index >= 15 is 0 Å². The number of hydrogen-bond donors (Lipinski definition) is 0. The Bertz CT molecular complexity index is 563. The number of alkyl halides is 5. The molecule has 108 valence electrons. The minimum atomic E-state index is -5.08. The topological polar surface area (TPSA) is 63.0 Å². The molecule has 0 aliphatic rings. The van der Waals surface area contributed by atoms with Crippen LogP contribution in [0.25, 0.3) is 0 Å². The van der Waals surface area contributed by atoms with Crippen LogP contribution in [0, 0.1) is 11.3 Å². The molecule has 1 heterocycles. The zero-order chi connectivity index (χ0) is 15.5. The maximum Gasteiger partial charge on any atom is 0.434 e. The largest absolute Gasteiger partial charge is 0.462 e. The zero-order valence-electron chi connectivity index (χ0n) is 9.96. The fourth-order valence-corrected chi connectivity index (χ4v) is 1.37. The number of halogens is 5. The van der Waals surface area contributed by atoms with E-state index in [1.165, 1.54) is 6.92 Å². The molecule has 0 atom stereocenters. The first-order chi connectivity index (χ1) is 9.22. The van der Waals surface area contributed by atoms with Gasteiger partial charge in [0.2, 0.25) is 0 Å². The quantitative estimate of drug-likeness (QED) is 0.635. The Balaban J connectivity index is 3.58. The maximum absolute atomic E-state index is 12.7. The molecule has 0 radical (unpaired) electrons. The summed E-state index contributed by atoms with van der Waals surface area (Å²) in [6, 6.07) is 1.43. The van der Waals surface area contributed by atoms with Crippen LogP contribution < -0.4 is 0 Å². The monoisotopic (exact) mass is 294 g/mol. The van der Waals surface area contributed by atoms with Gasteiger partial charge in [0, 0.05) is 0 Å². The Kier molecular flexibility index (Phi) is 4.60. The van der Waals surface area contributed by atoms with Crippen LogP contribution in [0.15, 0.2) is 6.07 Å². The van der Waals surface area contributed by atoms with E-state index in [-0.39, 0.29) is 12.7 Å². The number of ether oxygens (including phenoxy) is 1. The fraction of sp³-hybridized carbons (Fsp3) is 0.364. The first-order valence-corrected chi connectivity index (χ1v) is 5.19. The van der Waals surface area contributed by atoms with Gasteiger partial charge in [0.05, 0.1) is 17.7 Å². The number of nitrogens with zero attached hydrogens (tertiary/aromatic N) is 2. The van der Waals surface area contributed by atoms with Gasteiger partial charge in [-0.05, 0) is 13.0 Å².